The summed E-state index contributed by atoms with van der Waals surface area (Å²) in [5, 5.41) is 7.08. The van der Waals surface area contributed by atoms with Crippen molar-refractivity contribution >= 4 is 45.6 Å². The normalized spacial score (nSPS) is 10.8. The predicted molar refractivity (Wildman–Crippen MR) is 100 cm³/mol. The Hall–Kier alpha value is -2.70. The number of primary amides is 1. The molecular weight excluding hydrogens is 340 g/mol. The molecule has 3 rings (SSSR count). The highest BCUT2D eigenvalue weighted by Gasteiger charge is 2.16. The van der Waals surface area contributed by atoms with Gasteiger partial charge in [0.25, 0.3) is 5.91 Å². The van der Waals surface area contributed by atoms with Crippen LogP contribution in [0, 0.1) is 0 Å². The van der Waals surface area contributed by atoms with Crippen LogP contribution in [0.4, 0.5) is 5.00 Å². The van der Waals surface area contributed by atoms with E-state index in [1.54, 1.807) is 23.5 Å². The lowest BCUT2D eigenvalue weighted by Gasteiger charge is -2.00. The van der Waals surface area contributed by atoms with Crippen LogP contribution in [0.5, 0.6) is 0 Å². The molecule has 0 aliphatic carbocycles. The van der Waals surface area contributed by atoms with Gasteiger partial charge in [0.05, 0.1) is 5.56 Å². The van der Waals surface area contributed by atoms with Gasteiger partial charge in [0.15, 0.2) is 0 Å². The van der Waals surface area contributed by atoms with Gasteiger partial charge in [0, 0.05) is 11.0 Å². The number of carbonyl (C=O) groups excluding carboxylic acids is 2. The summed E-state index contributed by atoms with van der Waals surface area (Å²) >= 11 is 2.89. The Kier molecular flexibility index (Phi) is 4.88. The fourth-order valence-electron chi connectivity index (χ4n) is 2.11. The number of amides is 2. The van der Waals surface area contributed by atoms with E-state index in [4.69, 9.17) is 5.73 Å². The molecule has 6 heteroatoms. The monoisotopic (exact) mass is 354 g/mol. The Labute approximate surface area is 147 Å². The third-order valence-electron chi connectivity index (χ3n) is 3.26. The average molecular weight is 354 g/mol. The molecule has 0 atom stereocenters. The lowest BCUT2D eigenvalue weighted by Crippen LogP contribution is -2.14. The SMILES string of the molecule is NC(=O)c1cc(-c2ccccc2)sc1NC(=O)C=Cc1ccsc1. The van der Waals surface area contributed by atoms with Crippen molar-refractivity contribution in [1.82, 2.24) is 0 Å². The van der Waals surface area contributed by atoms with Crippen LogP contribution in [0.1, 0.15) is 15.9 Å². The van der Waals surface area contributed by atoms with Gasteiger partial charge < -0.3 is 11.1 Å². The third-order valence-corrected chi connectivity index (χ3v) is 5.06. The van der Waals surface area contributed by atoms with Gasteiger partial charge in [-0.2, -0.15) is 11.3 Å². The van der Waals surface area contributed by atoms with E-state index in [0.29, 0.717) is 10.6 Å². The molecule has 3 aromatic rings. The Morgan fingerprint density at radius 1 is 1.12 bits per heavy atom. The van der Waals surface area contributed by atoms with Crippen LogP contribution in [0.2, 0.25) is 0 Å². The van der Waals surface area contributed by atoms with Gasteiger partial charge in [-0.1, -0.05) is 30.3 Å². The fraction of sp³-hybridized carbons (Fsp3) is 0. The summed E-state index contributed by atoms with van der Waals surface area (Å²) in [6.07, 6.45) is 3.16. The van der Waals surface area contributed by atoms with Gasteiger partial charge in [0.1, 0.15) is 5.00 Å². The van der Waals surface area contributed by atoms with E-state index in [0.717, 1.165) is 16.0 Å². The molecule has 24 heavy (non-hydrogen) atoms. The maximum Gasteiger partial charge on any atom is 0.251 e. The Balaban J connectivity index is 1.83. The summed E-state index contributed by atoms with van der Waals surface area (Å²) in [6, 6.07) is 13.3. The summed E-state index contributed by atoms with van der Waals surface area (Å²) in [6.45, 7) is 0. The Morgan fingerprint density at radius 3 is 2.58 bits per heavy atom. The third kappa shape index (κ3) is 3.79. The number of anilines is 1. The molecule has 0 unspecified atom stereocenters. The number of thiophene rings is 2. The molecule has 0 aliphatic heterocycles. The minimum atomic E-state index is -0.564. The minimum absolute atomic E-state index is 0.301. The molecule has 0 saturated carbocycles. The molecule has 4 nitrogen and oxygen atoms in total. The molecule has 0 bridgehead atoms. The van der Waals surface area contributed by atoms with E-state index >= 15 is 0 Å². The molecule has 0 saturated heterocycles. The maximum absolute atomic E-state index is 12.1. The van der Waals surface area contributed by atoms with Crippen molar-refractivity contribution in [3.63, 3.8) is 0 Å². The average Bonchev–Trinajstić information content (AvgIpc) is 3.23. The van der Waals surface area contributed by atoms with Crippen LogP contribution in [-0.2, 0) is 4.79 Å². The topological polar surface area (TPSA) is 72.2 Å². The van der Waals surface area contributed by atoms with Gasteiger partial charge >= 0.3 is 0 Å². The zero-order valence-corrected chi connectivity index (χ0v) is 14.2. The first-order valence-corrected chi connectivity index (χ1v) is 8.90. The molecule has 2 heterocycles. The van der Waals surface area contributed by atoms with E-state index in [2.05, 4.69) is 5.32 Å². The number of rotatable bonds is 5. The lowest BCUT2D eigenvalue weighted by molar-refractivity contribution is -0.111. The maximum atomic E-state index is 12.1. The van der Waals surface area contributed by atoms with E-state index in [1.165, 1.54) is 17.4 Å². The van der Waals surface area contributed by atoms with Crippen LogP contribution in [0.25, 0.3) is 16.5 Å². The van der Waals surface area contributed by atoms with Crippen LogP contribution in [0.15, 0.2) is 59.3 Å². The molecule has 0 aliphatic rings. The Morgan fingerprint density at radius 2 is 1.92 bits per heavy atom. The summed E-state index contributed by atoms with van der Waals surface area (Å²) in [7, 11) is 0. The summed E-state index contributed by atoms with van der Waals surface area (Å²) in [5.41, 5.74) is 7.68. The van der Waals surface area contributed by atoms with Crippen molar-refractivity contribution in [3.05, 3.63) is 70.4 Å². The van der Waals surface area contributed by atoms with Crippen LogP contribution >= 0.6 is 22.7 Å². The van der Waals surface area contributed by atoms with Crippen LogP contribution in [0.3, 0.4) is 0 Å². The van der Waals surface area contributed by atoms with Gasteiger partial charge in [-0.3, -0.25) is 9.59 Å². The van der Waals surface area contributed by atoms with Crippen molar-refractivity contribution in [3.8, 4) is 10.4 Å². The van der Waals surface area contributed by atoms with E-state index < -0.39 is 5.91 Å². The molecule has 2 amide bonds. The smallest absolute Gasteiger partial charge is 0.251 e. The van der Waals surface area contributed by atoms with Gasteiger partial charge in [-0.15, -0.1) is 11.3 Å². The van der Waals surface area contributed by atoms with Crippen molar-refractivity contribution < 1.29 is 9.59 Å². The number of hydrogen-bond acceptors (Lipinski definition) is 4. The largest absolute Gasteiger partial charge is 0.366 e. The standard InChI is InChI=1S/C18H14N2O2S2/c19-17(22)14-10-15(13-4-2-1-3-5-13)24-18(14)20-16(21)7-6-12-8-9-23-11-12/h1-11H,(H2,19,22)(H,20,21). The molecule has 3 N–H and O–H groups in total. The second-order valence-corrected chi connectivity index (χ2v) is 6.80. The highest BCUT2D eigenvalue weighted by molar-refractivity contribution is 7.20. The van der Waals surface area contributed by atoms with Crippen molar-refractivity contribution in [2.45, 2.75) is 0 Å². The van der Waals surface area contributed by atoms with E-state index in [9.17, 15) is 9.59 Å². The second kappa shape index (κ2) is 7.25. The van der Waals surface area contributed by atoms with Crippen molar-refractivity contribution in [2.75, 3.05) is 5.32 Å². The number of carbonyl (C=O) groups is 2. The lowest BCUT2D eigenvalue weighted by atomic mass is 10.1. The fourth-order valence-corrected chi connectivity index (χ4v) is 3.81. The summed E-state index contributed by atoms with van der Waals surface area (Å²) < 4.78 is 0. The van der Waals surface area contributed by atoms with Gasteiger partial charge in [-0.25, -0.2) is 0 Å². The second-order valence-electron chi connectivity index (χ2n) is 4.96. The highest BCUT2D eigenvalue weighted by atomic mass is 32.1. The Bertz CT molecular complexity index is 881. The first-order chi connectivity index (χ1) is 11.6. The van der Waals surface area contributed by atoms with Crippen LogP contribution < -0.4 is 11.1 Å². The minimum Gasteiger partial charge on any atom is -0.366 e. The quantitative estimate of drug-likeness (QED) is 0.673. The van der Waals surface area contributed by atoms with E-state index in [-0.39, 0.29) is 5.91 Å². The molecule has 120 valence electrons. The first-order valence-electron chi connectivity index (χ1n) is 7.14. The number of benzene rings is 1. The van der Waals surface area contributed by atoms with Crippen LogP contribution in [-0.4, -0.2) is 11.8 Å². The summed E-state index contributed by atoms with van der Waals surface area (Å²) in [5.74, 6) is -0.865. The van der Waals surface area contributed by atoms with Gasteiger partial charge in [-0.05, 0) is 40.1 Å². The molecule has 0 fully saturated rings. The highest BCUT2D eigenvalue weighted by Crippen LogP contribution is 2.35. The number of nitrogens with one attached hydrogen (secondary N) is 1. The first kappa shape index (κ1) is 16.2. The van der Waals surface area contributed by atoms with Crippen molar-refractivity contribution in [1.29, 1.82) is 0 Å². The predicted octanol–water partition coefficient (Wildman–Crippen LogP) is 4.23. The zero-order chi connectivity index (χ0) is 16.9. The molecule has 2 aromatic heterocycles. The molecular formula is C18H14N2O2S2. The molecule has 1 aromatic carbocycles. The molecule has 0 radical (unpaired) electrons. The van der Waals surface area contributed by atoms with Crippen molar-refractivity contribution in [2.24, 2.45) is 5.73 Å². The number of hydrogen-bond donors (Lipinski definition) is 2. The zero-order valence-electron chi connectivity index (χ0n) is 12.6. The van der Waals surface area contributed by atoms with E-state index in [1.807, 2.05) is 47.2 Å². The number of nitrogens with two attached hydrogens (primary N) is 1. The molecule has 0 spiro atoms. The summed E-state index contributed by atoms with van der Waals surface area (Å²) in [4.78, 5) is 24.6. The van der Waals surface area contributed by atoms with Gasteiger partial charge in [0.2, 0.25) is 5.91 Å².